The van der Waals surface area contributed by atoms with Gasteiger partial charge in [-0.1, -0.05) is 17.7 Å². The van der Waals surface area contributed by atoms with Crippen LogP contribution in [0.5, 0.6) is 0 Å². The van der Waals surface area contributed by atoms with Crippen LogP contribution in [0.1, 0.15) is 11.3 Å². The zero-order chi connectivity index (χ0) is 20.1. The number of hydrogen-bond acceptors (Lipinski definition) is 8. The summed E-state index contributed by atoms with van der Waals surface area (Å²) in [5.74, 6) is -1.38. The fourth-order valence-electron chi connectivity index (χ4n) is 2.23. The number of amides is 1. The number of halogens is 1. The molecule has 148 valence electrons. The van der Waals surface area contributed by atoms with Crippen molar-refractivity contribution in [1.82, 2.24) is 14.7 Å². The summed E-state index contributed by atoms with van der Waals surface area (Å²) in [6.45, 7) is 0.0144. The number of aromatic nitrogens is 2. The first-order valence-corrected chi connectivity index (χ1v) is 10.3. The lowest BCUT2D eigenvalue weighted by Gasteiger charge is -2.16. The van der Waals surface area contributed by atoms with Crippen molar-refractivity contribution in [1.29, 1.82) is 0 Å². The normalized spacial score (nSPS) is 10.8. The number of ether oxygens (including phenoxy) is 1. The molecule has 0 aliphatic rings. The number of likely N-dealkylation sites (N-methyl/N-ethyl adjacent to an activating group) is 1. The molecule has 0 atom stereocenters. The molecule has 3 rings (SSSR count). The van der Waals surface area contributed by atoms with Crippen molar-refractivity contribution >= 4 is 46.2 Å². The van der Waals surface area contributed by atoms with E-state index in [1.165, 1.54) is 27.6 Å². The van der Waals surface area contributed by atoms with Crippen LogP contribution in [0.2, 0.25) is 4.34 Å². The van der Waals surface area contributed by atoms with Crippen LogP contribution in [0.25, 0.3) is 10.8 Å². The van der Waals surface area contributed by atoms with Crippen molar-refractivity contribution < 1.29 is 18.7 Å². The Morgan fingerprint density at radius 2 is 2.18 bits per heavy atom. The highest BCUT2D eigenvalue weighted by molar-refractivity contribution is 7.16. The predicted octanol–water partition coefficient (Wildman–Crippen LogP) is 2.87. The molecule has 1 amide bonds. The third-order valence-corrected chi connectivity index (χ3v) is 5.74. The second-order valence-electron chi connectivity index (χ2n) is 5.74. The van der Waals surface area contributed by atoms with Gasteiger partial charge in [0, 0.05) is 11.9 Å². The highest BCUT2D eigenvalue weighted by atomic mass is 35.5. The number of esters is 1. The molecule has 0 radical (unpaired) electrons. The average molecular weight is 442 g/mol. The minimum atomic E-state index is -0.651. The molecular formula is C17H16ClN3O5S2. The van der Waals surface area contributed by atoms with E-state index in [9.17, 15) is 14.4 Å². The molecule has 0 spiro atoms. The standard InChI is InChI=1S/C17H16ClN3O5S2/c1-20(9-11-4-5-13(18)28-11)14(22)10-25-15(23)6-7-21-17(24)26-16(19-21)12-3-2-8-27-12/h2-5,8H,6-7,9-10H2,1H3. The summed E-state index contributed by atoms with van der Waals surface area (Å²) in [4.78, 5) is 38.8. The predicted molar refractivity (Wildman–Crippen MR) is 105 cm³/mol. The Balaban J connectivity index is 1.44. The van der Waals surface area contributed by atoms with Crippen LogP contribution in [-0.4, -0.2) is 40.2 Å². The molecule has 28 heavy (non-hydrogen) atoms. The van der Waals surface area contributed by atoms with Gasteiger partial charge in [0.05, 0.1) is 28.7 Å². The van der Waals surface area contributed by atoms with Gasteiger partial charge < -0.3 is 14.1 Å². The minimum Gasteiger partial charge on any atom is -0.456 e. The Labute approximate surface area is 172 Å². The van der Waals surface area contributed by atoms with Crippen molar-refractivity contribution in [2.24, 2.45) is 0 Å². The zero-order valence-corrected chi connectivity index (χ0v) is 17.2. The van der Waals surface area contributed by atoms with E-state index in [1.54, 1.807) is 19.2 Å². The van der Waals surface area contributed by atoms with Crippen molar-refractivity contribution in [2.45, 2.75) is 19.5 Å². The van der Waals surface area contributed by atoms with Gasteiger partial charge in [-0.3, -0.25) is 9.59 Å². The lowest BCUT2D eigenvalue weighted by Crippen LogP contribution is -2.30. The van der Waals surface area contributed by atoms with Gasteiger partial charge in [-0.15, -0.1) is 27.8 Å². The molecule has 0 aliphatic carbocycles. The van der Waals surface area contributed by atoms with Gasteiger partial charge in [0.2, 0.25) is 0 Å². The summed E-state index contributed by atoms with van der Waals surface area (Å²) in [6, 6.07) is 7.19. The number of carbonyl (C=O) groups excluding carboxylic acids is 2. The summed E-state index contributed by atoms with van der Waals surface area (Å²) >= 11 is 8.63. The van der Waals surface area contributed by atoms with Crippen LogP contribution in [0.15, 0.2) is 38.9 Å². The molecule has 8 nitrogen and oxygen atoms in total. The Morgan fingerprint density at radius 3 is 2.86 bits per heavy atom. The molecule has 0 fully saturated rings. The summed E-state index contributed by atoms with van der Waals surface area (Å²) in [6.07, 6.45) is -0.103. The number of nitrogens with zero attached hydrogens (tertiary/aromatic N) is 3. The second-order valence-corrected chi connectivity index (χ2v) is 8.49. The van der Waals surface area contributed by atoms with Crippen molar-refractivity contribution in [3.8, 4) is 10.8 Å². The minimum absolute atomic E-state index is 0.00423. The van der Waals surface area contributed by atoms with Gasteiger partial charge in [-0.05, 0) is 23.6 Å². The number of hydrogen-bond donors (Lipinski definition) is 0. The van der Waals surface area contributed by atoms with Crippen LogP contribution < -0.4 is 5.76 Å². The molecule has 0 aliphatic heterocycles. The summed E-state index contributed by atoms with van der Waals surface area (Å²) < 4.78 is 11.8. The van der Waals surface area contributed by atoms with Crippen LogP contribution in [0.4, 0.5) is 0 Å². The van der Waals surface area contributed by atoms with E-state index in [1.807, 2.05) is 17.5 Å². The first kappa shape index (κ1) is 20.3. The van der Waals surface area contributed by atoms with E-state index >= 15 is 0 Å². The highest BCUT2D eigenvalue weighted by Crippen LogP contribution is 2.22. The van der Waals surface area contributed by atoms with E-state index < -0.39 is 11.7 Å². The molecule has 3 heterocycles. The largest absolute Gasteiger partial charge is 0.456 e. The summed E-state index contributed by atoms with van der Waals surface area (Å²) in [7, 11) is 1.62. The topological polar surface area (TPSA) is 94.6 Å². The monoisotopic (exact) mass is 441 g/mol. The Hall–Kier alpha value is -2.43. The van der Waals surface area contributed by atoms with Gasteiger partial charge in [-0.25, -0.2) is 4.79 Å². The molecule has 0 N–H and O–H groups in total. The highest BCUT2D eigenvalue weighted by Gasteiger charge is 2.15. The van der Waals surface area contributed by atoms with Crippen LogP contribution in [0.3, 0.4) is 0 Å². The smallest absolute Gasteiger partial charge is 0.437 e. The molecule has 3 aromatic rings. The fraction of sp³-hybridized carbons (Fsp3) is 0.294. The molecule has 0 saturated heterocycles. The zero-order valence-electron chi connectivity index (χ0n) is 14.8. The van der Waals surface area contributed by atoms with E-state index in [2.05, 4.69) is 5.10 Å². The molecule has 0 bridgehead atoms. The number of aryl methyl sites for hydroxylation is 1. The van der Waals surface area contributed by atoms with Crippen LogP contribution in [0, 0.1) is 0 Å². The lowest BCUT2D eigenvalue weighted by molar-refractivity contribution is -0.151. The third-order valence-electron chi connectivity index (χ3n) is 3.67. The molecule has 11 heteroatoms. The molecular weight excluding hydrogens is 426 g/mol. The molecule has 0 unspecified atom stereocenters. The maximum Gasteiger partial charge on any atom is 0.437 e. The number of carbonyl (C=O) groups is 2. The SMILES string of the molecule is CN(Cc1ccc(Cl)s1)C(=O)COC(=O)CCn1nc(-c2cccs2)oc1=O. The summed E-state index contributed by atoms with van der Waals surface area (Å²) in [5.41, 5.74) is 0. The number of thiophene rings is 2. The Kier molecular flexibility index (Phi) is 6.65. The van der Waals surface area contributed by atoms with Crippen molar-refractivity contribution in [3.63, 3.8) is 0 Å². The van der Waals surface area contributed by atoms with E-state index in [-0.39, 0.29) is 31.4 Å². The maximum absolute atomic E-state index is 12.1. The van der Waals surface area contributed by atoms with Gasteiger partial charge in [0.15, 0.2) is 6.61 Å². The summed E-state index contributed by atoms with van der Waals surface area (Å²) in [5, 5.41) is 5.89. The van der Waals surface area contributed by atoms with Gasteiger partial charge >= 0.3 is 11.7 Å². The van der Waals surface area contributed by atoms with Crippen LogP contribution >= 0.6 is 34.3 Å². The first-order valence-electron chi connectivity index (χ1n) is 8.18. The first-order chi connectivity index (χ1) is 13.4. The fourth-order valence-corrected chi connectivity index (χ4v) is 4.01. The van der Waals surface area contributed by atoms with E-state index in [4.69, 9.17) is 20.8 Å². The molecule has 0 saturated carbocycles. The van der Waals surface area contributed by atoms with Gasteiger partial charge in [-0.2, -0.15) is 4.68 Å². The number of rotatable bonds is 8. The van der Waals surface area contributed by atoms with Crippen LogP contribution in [-0.2, 0) is 27.4 Å². The lowest BCUT2D eigenvalue weighted by atomic mass is 10.4. The molecule has 3 aromatic heterocycles. The maximum atomic E-state index is 12.1. The molecule has 0 aromatic carbocycles. The average Bonchev–Trinajstić information content (AvgIpc) is 3.39. The Bertz CT molecular complexity index is 1010. The van der Waals surface area contributed by atoms with Crippen molar-refractivity contribution in [2.75, 3.05) is 13.7 Å². The third kappa shape index (κ3) is 5.31. The van der Waals surface area contributed by atoms with E-state index in [0.29, 0.717) is 10.9 Å². The second kappa shape index (κ2) is 9.18. The van der Waals surface area contributed by atoms with Gasteiger partial charge in [0.1, 0.15) is 0 Å². The van der Waals surface area contributed by atoms with E-state index in [0.717, 1.165) is 14.4 Å². The van der Waals surface area contributed by atoms with Gasteiger partial charge in [0.25, 0.3) is 11.8 Å². The Morgan fingerprint density at radius 1 is 1.36 bits per heavy atom. The quantitative estimate of drug-likeness (QED) is 0.499. The van der Waals surface area contributed by atoms with Crippen molar-refractivity contribution in [3.05, 3.63) is 49.4 Å².